The van der Waals surface area contributed by atoms with Gasteiger partial charge >= 0.3 is 0 Å². The summed E-state index contributed by atoms with van der Waals surface area (Å²) in [5.74, 6) is -0.0645. The first-order chi connectivity index (χ1) is 13.6. The first kappa shape index (κ1) is 18.6. The van der Waals surface area contributed by atoms with Crippen LogP contribution in [0.1, 0.15) is 12.5 Å². The highest BCUT2D eigenvalue weighted by molar-refractivity contribution is 7.80. The molecule has 0 aliphatic carbocycles. The van der Waals surface area contributed by atoms with Gasteiger partial charge in [0, 0.05) is 42.3 Å². The summed E-state index contributed by atoms with van der Waals surface area (Å²) in [5.41, 5.74) is 2.28. The maximum atomic E-state index is 12.7. The Kier molecular flexibility index (Phi) is 5.15. The summed E-state index contributed by atoms with van der Waals surface area (Å²) in [7, 11) is 0. The molecule has 1 aromatic heterocycles. The molecule has 2 amide bonds. The smallest absolute Gasteiger partial charge is 0.276 e. The quantitative estimate of drug-likeness (QED) is 0.626. The number of hydrogen-bond acceptors (Lipinski definition) is 4. The van der Waals surface area contributed by atoms with Crippen molar-refractivity contribution in [3.8, 4) is 0 Å². The van der Waals surface area contributed by atoms with Crippen LogP contribution in [0.15, 0.2) is 36.2 Å². The third-order valence-corrected chi connectivity index (χ3v) is 5.39. The molecule has 28 heavy (non-hydrogen) atoms. The number of carbonyl (C=O) groups excluding carboxylic acids is 2. The van der Waals surface area contributed by atoms with Crippen molar-refractivity contribution in [1.29, 1.82) is 0 Å². The minimum absolute atomic E-state index is 0.0664. The van der Waals surface area contributed by atoms with Crippen LogP contribution in [0, 0.1) is 0 Å². The van der Waals surface area contributed by atoms with Gasteiger partial charge in [-0.3, -0.25) is 14.5 Å². The highest BCUT2D eigenvalue weighted by atomic mass is 32.1. The number of nitrogens with one attached hydrogen (secondary N) is 1. The molecule has 0 unspecified atom stereocenters. The zero-order chi connectivity index (χ0) is 19.7. The first-order valence-corrected chi connectivity index (χ1v) is 9.77. The third kappa shape index (κ3) is 3.41. The van der Waals surface area contributed by atoms with Crippen LogP contribution in [0.2, 0.25) is 0 Å². The van der Waals surface area contributed by atoms with Crippen molar-refractivity contribution < 1.29 is 14.3 Å². The van der Waals surface area contributed by atoms with Gasteiger partial charge in [-0.1, -0.05) is 18.2 Å². The van der Waals surface area contributed by atoms with E-state index in [-0.39, 0.29) is 18.4 Å². The molecule has 2 saturated heterocycles. The molecule has 1 aromatic carbocycles. The number of para-hydroxylation sites is 1. The molecule has 0 spiro atoms. The molecule has 0 radical (unpaired) electrons. The molecule has 0 atom stereocenters. The van der Waals surface area contributed by atoms with Crippen molar-refractivity contribution in [1.82, 2.24) is 19.7 Å². The number of rotatable bonds is 4. The summed E-state index contributed by atoms with van der Waals surface area (Å²) in [5, 5.41) is 4.40. The fraction of sp³-hybridized carbons (Fsp3) is 0.350. The van der Waals surface area contributed by atoms with Gasteiger partial charge in [-0.2, -0.15) is 0 Å². The molecule has 2 aromatic rings. The molecule has 1 N–H and O–H groups in total. The molecule has 8 heteroatoms. The van der Waals surface area contributed by atoms with Gasteiger partial charge in [-0.15, -0.1) is 0 Å². The topological polar surface area (TPSA) is 66.8 Å². The first-order valence-electron chi connectivity index (χ1n) is 9.36. The van der Waals surface area contributed by atoms with E-state index >= 15 is 0 Å². The number of benzene rings is 1. The van der Waals surface area contributed by atoms with Gasteiger partial charge in [0.2, 0.25) is 5.91 Å². The molecule has 2 fully saturated rings. The molecular formula is C20H22N4O3S. The van der Waals surface area contributed by atoms with Gasteiger partial charge in [-0.05, 0) is 31.3 Å². The Bertz CT molecular complexity index is 975. The summed E-state index contributed by atoms with van der Waals surface area (Å²) >= 11 is 5.23. The van der Waals surface area contributed by atoms with Crippen molar-refractivity contribution in [2.75, 3.05) is 32.8 Å². The Labute approximate surface area is 168 Å². The molecule has 7 nitrogen and oxygen atoms in total. The van der Waals surface area contributed by atoms with E-state index in [2.05, 4.69) is 5.32 Å². The van der Waals surface area contributed by atoms with Crippen LogP contribution in [0.5, 0.6) is 0 Å². The lowest BCUT2D eigenvalue weighted by atomic mass is 10.1. The number of carbonyl (C=O) groups is 2. The molecule has 0 bridgehead atoms. The van der Waals surface area contributed by atoms with Crippen LogP contribution < -0.4 is 5.32 Å². The predicted octanol–water partition coefficient (Wildman–Crippen LogP) is 1.58. The second-order valence-electron chi connectivity index (χ2n) is 6.76. The predicted molar refractivity (Wildman–Crippen MR) is 110 cm³/mol. The lowest BCUT2D eigenvalue weighted by Crippen LogP contribution is -2.42. The fourth-order valence-corrected chi connectivity index (χ4v) is 3.92. The second kappa shape index (κ2) is 7.73. The number of hydrogen-bond donors (Lipinski definition) is 1. The highest BCUT2D eigenvalue weighted by Crippen LogP contribution is 2.25. The van der Waals surface area contributed by atoms with Crippen molar-refractivity contribution in [2.24, 2.45) is 0 Å². The van der Waals surface area contributed by atoms with Crippen LogP contribution in [0.25, 0.3) is 17.0 Å². The van der Waals surface area contributed by atoms with Gasteiger partial charge < -0.3 is 19.5 Å². The van der Waals surface area contributed by atoms with E-state index in [4.69, 9.17) is 17.0 Å². The third-order valence-electron chi connectivity index (χ3n) is 5.07. The molecule has 3 heterocycles. The average Bonchev–Trinajstić information content (AvgIpc) is 3.19. The number of likely N-dealkylation sites (N-methyl/N-ethyl adjacent to an activating group) is 1. The van der Waals surface area contributed by atoms with Crippen LogP contribution in [0.4, 0.5) is 0 Å². The van der Waals surface area contributed by atoms with Crippen LogP contribution in [-0.2, 0) is 20.9 Å². The second-order valence-corrected chi connectivity index (χ2v) is 7.15. The number of aromatic nitrogens is 1. The Morgan fingerprint density at radius 3 is 2.75 bits per heavy atom. The van der Waals surface area contributed by atoms with E-state index in [0.29, 0.717) is 43.7 Å². The van der Waals surface area contributed by atoms with Gasteiger partial charge in [0.05, 0.1) is 13.2 Å². The molecule has 2 aliphatic rings. The Hall–Kier alpha value is -2.71. The lowest BCUT2D eigenvalue weighted by molar-refractivity contribution is -0.135. The van der Waals surface area contributed by atoms with E-state index in [0.717, 1.165) is 16.5 Å². The SMILES string of the molecule is CCN1C(=O)/C(=C/c2cn(CC(=O)N3CCOCC3)c3ccccc23)NC1=S. The zero-order valence-electron chi connectivity index (χ0n) is 15.7. The van der Waals surface area contributed by atoms with Gasteiger partial charge in [-0.25, -0.2) is 0 Å². The number of ether oxygens (including phenoxy) is 1. The van der Waals surface area contributed by atoms with E-state index in [9.17, 15) is 9.59 Å². The Balaban J connectivity index is 1.65. The largest absolute Gasteiger partial charge is 0.378 e. The molecule has 0 saturated carbocycles. The molecule has 4 rings (SSSR count). The van der Waals surface area contributed by atoms with E-state index in [1.54, 1.807) is 0 Å². The number of morpholine rings is 1. The van der Waals surface area contributed by atoms with E-state index in [1.165, 1.54) is 4.90 Å². The summed E-state index contributed by atoms with van der Waals surface area (Å²) in [6.07, 6.45) is 3.73. The van der Waals surface area contributed by atoms with Crippen molar-refractivity contribution in [3.05, 3.63) is 41.7 Å². The van der Waals surface area contributed by atoms with Crippen molar-refractivity contribution in [2.45, 2.75) is 13.5 Å². The van der Waals surface area contributed by atoms with Crippen LogP contribution >= 0.6 is 12.2 Å². The number of amides is 2. The summed E-state index contributed by atoms with van der Waals surface area (Å²) in [6, 6.07) is 7.87. The Morgan fingerprint density at radius 1 is 1.29 bits per heavy atom. The van der Waals surface area contributed by atoms with Crippen molar-refractivity contribution in [3.63, 3.8) is 0 Å². The minimum atomic E-state index is -0.131. The van der Waals surface area contributed by atoms with Gasteiger partial charge in [0.1, 0.15) is 12.2 Å². The molecule has 2 aliphatic heterocycles. The lowest BCUT2D eigenvalue weighted by Gasteiger charge is -2.27. The molecule has 146 valence electrons. The standard InChI is InChI=1S/C20H22N4O3S/c1-2-24-19(26)16(21-20(24)28)11-14-12-23(17-6-4-3-5-15(14)17)13-18(25)22-7-9-27-10-8-22/h3-6,11-12H,2,7-10,13H2,1H3,(H,21,28)/b16-11-. The van der Waals surface area contributed by atoms with E-state index in [1.807, 2.05) is 52.9 Å². The summed E-state index contributed by atoms with van der Waals surface area (Å²) in [6.45, 7) is 5.07. The zero-order valence-corrected chi connectivity index (χ0v) is 16.5. The van der Waals surface area contributed by atoms with Gasteiger partial charge in [0.15, 0.2) is 5.11 Å². The van der Waals surface area contributed by atoms with Crippen molar-refractivity contribution >= 4 is 46.1 Å². The normalized spacial score (nSPS) is 19.0. The monoisotopic (exact) mass is 398 g/mol. The highest BCUT2D eigenvalue weighted by Gasteiger charge is 2.29. The maximum absolute atomic E-state index is 12.7. The number of thiocarbonyl (C=S) groups is 1. The average molecular weight is 398 g/mol. The summed E-state index contributed by atoms with van der Waals surface area (Å²) < 4.78 is 7.26. The number of nitrogens with zero attached hydrogens (tertiary/aromatic N) is 3. The number of fused-ring (bicyclic) bond motifs is 1. The van der Waals surface area contributed by atoms with E-state index < -0.39 is 0 Å². The van der Waals surface area contributed by atoms with Crippen LogP contribution in [0.3, 0.4) is 0 Å². The Morgan fingerprint density at radius 2 is 2.04 bits per heavy atom. The molecular weight excluding hydrogens is 376 g/mol. The van der Waals surface area contributed by atoms with Crippen LogP contribution in [-0.4, -0.2) is 64.1 Å². The minimum Gasteiger partial charge on any atom is -0.378 e. The van der Waals surface area contributed by atoms with Gasteiger partial charge in [0.25, 0.3) is 5.91 Å². The summed E-state index contributed by atoms with van der Waals surface area (Å²) in [4.78, 5) is 28.6. The maximum Gasteiger partial charge on any atom is 0.276 e. The fourth-order valence-electron chi connectivity index (χ4n) is 3.59.